The lowest BCUT2D eigenvalue weighted by atomic mass is 10.0. The minimum Gasteiger partial charge on any atom is -0.299 e. The van der Waals surface area contributed by atoms with E-state index in [0.29, 0.717) is 12.3 Å². The second-order valence-corrected chi connectivity index (χ2v) is 2.36. The molecule has 0 aromatic rings. The Balaban J connectivity index is 3.76. The van der Waals surface area contributed by atoms with E-state index >= 15 is 0 Å². The summed E-state index contributed by atoms with van der Waals surface area (Å²) in [4.78, 5) is 20.6. The van der Waals surface area contributed by atoms with Gasteiger partial charge in [0.15, 0.2) is 0 Å². The van der Waals surface area contributed by atoms with Crippen LogP contribution in [0.5, 0.6) is 0 Å². The molecule has 1 atom stereocenters. The van der Waals surface area contributed by atoms with Gasteiger partial charge in [-0.2, -0.15) is 0 Å². The zero-order valence-electron chi connectivity index (χ0n) is 5.89. The highest BCUT2D eigenvalue weighted by Crippen LogP contribution is 2.07. The molecule has 0 aromatic carbocycles. The van der Waals surface area contributed by atoms with Gasteiger partial charge in [-0.3, -0.25) is 9.59 Å². The van der Waals surface area contributed by atoms with Gasteiger partial charge in [0.2, 0.25) is 6.29 Å². The summed E-state index contributed by atoms with van der Waals surface area (Å²) in [5.41, 5.74) is 0. The van der Waals surface area contributed by atoms with Crippen molar-refractivity contribution in [1.29, 1.82) is 0 Å². The molecule has 0 saturated carbocycles. The number of hydrogen-bond acceptors (Lipinski definition) is 2. The van der Waals surface area contributed by atoms with Crippen LogP contribution in [0.15, 0.2) is 0 Å². The molecule has 1 radical (unpaired) electrons. The third-order valence-electron chi connectivity index (χ3n) is 1.38. The predicted octanol–water partition coefficient (Wildman–Crippen LogP) is 1.32. The molecule has 0 saturated heterocycles. The Morgan fingerprint density at radius 2 is 2.30 bits per heavy atom. The van der Waals surface area contributed by atoms with Crippen LogP contribution >= 0.6 is 11.6 Å². The number of halogens is 1. The average Bonchev–Trinajstić information content (AvgIpc) is 1.91. The van der Waals surface area contributed by atoms with Crippen molar-refractivity contribution in [2.24, 2.45) is 5.92 Å². The van der Waals surface area contributed by atoms with Crippen molar-refractivity contribution in [2.75, 3.05) is 5.88 Å². The molecule has 0 aromatic heterocycles. The van der Waals surface area contributed by atoms with Crippen LogP contribution in [-0.2, 0) is 9.59 Å². The highest BCUT2D eigenvalue weighted by Gasteiger charge is 2.13. The monoisotopic (exact) mass is 161 g/mol. The van der Waals surface area contributed by atoms with Crippen molar-refractivity contribution in [3.8, 4) is 0 Å². The summed E-state index contributed by atoms with van der Waals surface area (Å²) in [6.07, 6.45) is 2.14. The van der Waals surface area contributed by atoms with E-state index in [0.717, 1.165) is 0 Å². The topological polar surface area (TPSA) is 34.1 Å². The summed E-state index contributed by atoms with van der Waals surface area (Å²) < 4.78 is 0. The van der Waals surface area contributed by atoms with Crippen molar-refractivity contribution in [1.82, 2.24) is 0 Å². The number of ketones is 1. The normalized spacial score (nSPS) is 12.6. The van der Waals surface area contributed by atoms with Crippen LogP contribution in [-0.4, -0.2) is 17.9 Å². The van der Waals surface area contributed by atoms with Gasteiger partial charge in [-0.15, -0.1) is 11.6 Å². The largest absolute Gasteiger partial charge is 0.299 e. The molecule has 0 aliphatic rings. The second-order valence-electron chi connectivity index (χ2n) is 2.05. The fourth-order valence-electron chi connectivity index (χ4n) is 0.638. The molecule has 0 N–H and O–H groups in total. The predicted molar refractivity (Wildman–Crippen MR) is 39.8 cm³/mol. The fourth-order valence-corrected chi connectivity index (χ4v) is 1.03. The third kappa shape index (κ3) is 2.97. The van der Waals surface area contributed by atoms with E-state index in [4.69, 9.17) is 11.6 Å². The first-order valence-electron chi connectivity index (χ1n) is 3.19. The Morgan fingerprint density at radius 3 is 2.60 bits per heavy atom. The Kier molecular flexibility index (Phi) is 5.22. The van der Waals surface area contributed by atoms with E-state index in [-0.39, 0.29) is 18.1 Å². The zero-order chi connectivity index (χ0) is 7.98. The number of Topliss-reactive ketones (excluding diaryl/α,β-unsaturated/α-hetero) is 1. The minimum atomic E-state index is -0.164. The molecule has 0 bridgehead atoms. The highest BCUT2D eigenvalue weighted by atomic mass is 35.5. The summed E-state index contributed by atoms with van der Waals surface area (Å²) in [6, 6.07) is 0. The van der Waals surface area contributed by atoms with E-state index < -0.39 is 0 Å². The lowest BCUT2D eigenvalue weighted by molar-refractivity contribution is -0.121. The van der Waals surface area contributed by atoms with Gasteiger partial charge >= 0.3 is 0 Å². The molecule has 0 rings (SSSR count). The lowest BCUT2D eigenvalue weighted by Gasteiger charge is -2.05. The third-order valence-corrected chi connectivity index (χ3v) is 1.75. The van der Waals surface area contributed by atoms with Crippen molar-refractivity contribution < 1.29 is 9.59 Å². The number of carbonyl (C=O) groups is 1. The fraction of sp³-hybridized carbons (Fsp3) is 0.714. The number of hydrogen-bond donors (Lipinski definition) is 0. The summed E-state index contributed by atoms with van der Waals surface area (Å²) in [7, 11) is 0. The molecule has 2 nitrogen and oxygen atoms in total. The lowest BCUT2D eigenvalue weighted by Crippen LogP contribution is -2.15. The second kappa shape index (κ2) is 5.42. The van der Waals surface area contributed by atoms with Crippen LogP contribution in [0.2, 0.25) is 0 Å². The van der Waals surface area contributed by atoms with Crippen LogP contribution in [0, 0.1) is 5.92 Å². The molecule has 3 heteroatoms. The van der Waals surface area contributed by atoms with Gasteiger partial charge in [0.1, 0.15) is 5.78 Å². The maximum absolute atomic E-state index is 10.9. The molecule has 1 unspecified atom stereocenters. The summed E-state index contributed by atoms with van der Waals surface area (Å²) in [6.45, 7) is 1.87. The van der Waals surface area contributed by atoms with Crippen LogP contribution in [0.1, 0.15) is 19.8 Å². The Labute approximate surface area is 65.6 Å². The van der Waals surface area contributed by atoms with Crippen molar-refractivity contribution in [3.05, 3.63) is 0 Å². The molecule has 57 valence electrons. The van der Waals surface area contributed by atoms with Crippen LogP contribution in [0.25, 0.3) is 0 Å². The summed E-state index contributed by atoms with van der Waals surface area (Å²) in [5.74, 6) is 0.0346. The molecule has 0 heterocycles. The summed E-state index contributed by atoms with van der Waals surface area (Å²) in [5, 5.41) is 0. The standard InChI is InChI=1S/C7H10ClO2/c1-2-6(5-8)7(10)3-4-9/h6H,2-3,5H2,1H3. The molecular formula is C7H10ClO2. The molecule has 0 aliphatic heterocycles. The van der Waals surface area contributed by atoms with Crippen molar-refractivity contribution >= 4 is 23.7 Å². The molecule has 0 spiro atoms. The van der Waals surface area contributed by atoms with E-state index in [9.17, 15) is 9.59 Å². The minimum absolute atomic E-state index is 0.104. The van der Waals surface area contributed by atoms with Crippen molar-refractivity contribution in [2.45, 2.75) is 19.8 Å². The Bertz CT molecular complexity index is 119. The average molecular weight is 162 g/mol. The van der Waals surface area contributed by atoms with E-state index in [2.05, 4.69) is 0 Å². The van der Waals surface area contributed by atoms with Crippen molar-refractivity contribution in [3.63, 3.8) is 0 Å². The maximum Gasteiger partial charge on any atom is 0.206 e. The molecular weight excluding hydrogens is 152 g/mol. The van der Waals surface area contributed by atoms with E-state index in [1.807, 2.05) is 6.92 Å². The number of rotatable bonds is 5. The number of alkyl halides is 1. The smallest absolute Gasteiger partial charge is 0.206 e. The molecule has 10 heavy (non-hydrogen) atoms. The van der Waals surface area contributed by atoms with Gasteiger partial charge < -0.3 is 0 Å². The van der Waals surface area contributed by atoms with Gasteiger partial charge in [0.25, 0.3) is 0 Å². The van der Waals surface area contributed by atoms with Gasteiger partial charge in [0.05, 0.1) is 6.42 Å². The molecule has 0 fully saturated rings. The number of carbonyl (C=O) groups excluding carboxylic acids is 2. The van der Waals surface area contributed by atoms with Gasteiger partial charge in [-0.1, -0.05) is 6.92 Å². The summed E-state index contributed by atoms with van der Waals surface area (Å²) >= 11 is 5.45. The van der Waals surface area contributed by atoms with Crippen LogP contribution in [0.4, 0.5) is 0 Å². The SMILES string of the molecule is CCC(CCl)C(=O)C[C]=O. The van der Waals surface area contributed by atoms with Crippen LogP contribution in [0.3, 0.4) is 0 Å². The van der Waals surface area contributed by atoms with E-state index in [1.54, 1.807) is 6.29 Å². The van der Waals surface area contributed by atoms with E-state index in [1.165, 1.54) is 0 Å². The van der Waals surface area contributed by atoms with Crippen LogP contribution < -0.4 is 0 Å². The maximum atomic E-state index is 10.9. The van der Waals surface area contributed by atoms with Gasteiger partial charge in [-0.05, 0) is 6.42 Å². The molecule has 0 amide bonds. The Hall–Kier alpha value is -0.370. The first-order valence-corrected chi connectivity index (χ1v) is 3.73. The highest BCUT2D eigenvalue weighted by molar-refractivity contribution is 6.19. The zero-order valence-corrected chi connectivity index (χ0v) is 6.65. The van der Waals surface area contributed by atoms with Gasteiger partial charge in [-0.25, -0.2) is 0 Å². The Morgan fingerprint density at radius 1 is 1.70 bits per heavy atom. The first-order chi connectivity index (χ1) is 4.76. The first kappa shape index (κ1) is 9.63. The van der Waals surface area contributed by atoms with Gasteiger partial charge in [0, 0.05) is 11.8 Å². The molecule has 0 aliphatic carbocycles. The quantitative estimate of drug-likeness (QED) is 0.450.